The molecule has 0 atom stereocenters. The Hall–Kier alpha value is -4.34. The van der Waals surface area contributed by atoms with Crippen LogP contribution in [0.4, 0.5) is 17.5 Å². The second-order valence-corrected chi connectivity index (χ2v) is 8.10. The minimum atomic E-state index is -0.0558. The van der Waals surface area contributed by atoms with Crippen LogP contribution in [0.1, 0.15) is 11.4 Å². The number of carbonyl (C=O) groups is 1. The highest BCUT2D eigenvalue weighted by atomic mass is 16.5. The van der Waals surface area contributed by atoms with Crippen molar-refractivity contribution in [1.29, 1.82) is 0 Å². The van der Waals surface area contributed by atoms with Crippen molar-refractivity contribution in [3.05, 3.63) is 60.1 Å². The molecule has 4 rings (SSSR count). The minimum absolute atomic E-state index is 0.0558. The number of anilines is 3. The summed E-state index contributed by atoms with van der Waals surface area (Å²) in [5.41, 5.74) is 0.779. The third-order valence-corrected chi connectivity index (χ3v) is 5.77. The van der Waals surface area contributed by atoms with Crippen molar-refractivity contribution < 1.29 is 19.0 Å². The van der Waals surface area contributed by atoms with Crippen molar-refractivity contribution in [2.45, 2.75) is 6.92 Å². The topological polar surface area (TPSA) is 102 Å². The molecule has 0 unspecified atom stereocenters. The summed E-state index contributed by atoms with van der Waals surface area (Å²) < 4.78 is 16.1. The number of pyridine rings is 1. The summed E-state index contributed by atoms with van der Waals surface area (Å²) in [7, 11) is 4.68. The van der Waals surface area contributed by atoms with Crippen molar-refractivity contribution in [2.75, 3.05) is 57.7 Å². The number of amides is 1. The number of aryl methyl sites for hydroxylation is 1. The fourth-order valence-electron chi connectivity index (χ4n) is 3.97. The maximum atomic E-state index is 12.8. The van der Waals surface area contributed by atoms with E-state index in [1.165, 1.54) is 0 Å². The summed E-state index contributed by atoms with van der Waals surface area (Å²) >= 11 is 0. The highest BCUT2D eigenvalue weighted by Crippen LogP contribution is 2.38. The molecule has 0 bridgehead atoms. The smallest absolute Gasteiger partial charge is 0.246 e. The van der Waals surface area contributed by atoms with Gasteiger partial charge in [0.15, 0.2) is 11.5 Å². The Kier molecular flexibility index (Phi) is 7.84. The SMILES string of the molecule is COc1cc(/C=C/C(=O)N2CCN(c3cc(Nc4ccccn4)nc(C)n3)CC2)cc(OC)c1OC. The number of aromatic nitrogens is 3. The number of nitrogens with one attached hydrogen (secondary N) is 1. The molecular weight excluding hydrogens is 460 g/mol. The van der Waals surface area contributed by atoms with E-state index in [4.69, 9.17) is 14.2 Å². The number of hydrogen-bond acceptors (Lipinski definition) is 9. The average molecular weight is 491 g/mol. The van der Waals surface area contributed by atoms with Crippen LogP contribution in [0.5, 0.6) is 17.2 Å². The van der Waals surface area contributed by atoms with Gasteiger partial charge in [0.25, 0.3) is 0 Å². The molecule has 3 heterocycles. The van der Waals surface area contributed by atoms with Gasteiger partial charge in [-0.05, 0) is 42.8 Å². The lowest BCUT2D eigenvalue weighted by Gasteiger charge is -2.35. The monoisotopic (exact) mass is 490 g/mol. The van der Waals surface area contributed by atoms with Crippen LogP contribution in [0.3, 0.4) is 0 Å². The summed E-state index contributed by atoms with van der Waals surface area (Å²) in [6.07, 6.45) is 5.05. The second-order valence-electron chi connectivity index (χ2n) is 8.10. The van der Waals surface area contributed by atoms with E-state index in [0.717, 1.165) is 17.2 Å². The van der Waals surface area contributed by atoms with Crippen molar-refractivity contribution in [3.63, 3.8) is 0 Å². The van der Waals surface area contributed by atoms with E-state index in [0.29, 0.717) is 55.1 Å². The molecule has 10 heteroatoms. The molecule has 1 N–H and O–H groups in total. The van der Waals surface area contributed by atoms with Crippen LogP contribution in [0.25, 0.3) is 6.08 Å². The number of methoxy groups -OCH3 is 3. The summed E-state index contributed by atoms with van der Waals surface area (Å²) in [5.74, 6) is 4.42. The second kappa shape index (κ2) is 11.4. The maximum Gasteiger partial charge on any atom is 0.246 e. The fourth-order valence-corrected chi connectivity index (χ4v) is 3.97. The van der Waals surface area contributed by atoms with Crippen LogP contribution in [0.15, 0.2) is 48.7 Å². The molecule has 36 heavy (non-hydrogen) atoms. The molecule has 1 aliphatic heterocycles. The van der Waals surface area contributed by atoms with Crippen molar-refractivity contribution >= 4 is 29.4 Å². The van der Waals surface area contributed by atoms with Gasteiger partial charge in [-0.15, -0.1) is 0 Å². The van der Waals surface area contributed by atoms with Gasteiger partial charge in [0, 0.05) is 44.5 Å². The highest BCUT2D eigenvalue weighted by molar-refractivity contribution is 5.92. The highest BCUT2D eigenvalue weighted by Gasteiger charge is 2.21. The molecule has 1 amide bonds. The lowest BCUT2D eigenvalue weighted by Crippen LogP contribution is -2.48. The Balaban J connectivity index is 1.39. The Morgan fingerprint density at radius 2 is 1.67 bits per heavy atom. The molecule has 3 aromatic rings. The van der Waals surface area contributed by atoms with Gasteiger partial charge in [-0.3, -0.25) is 4.79 Å². The van der Waals surface area contributed by atoms with E-state index in [9.17, 15) is 4.79 Å². The van der Waals surface area contributed by atoms with E-state index in [1.54, 1.807) is 51.8 Å². The van der Waals surface area contributed by atoms with Gasteiger partial charge in [0.1, 0.15) is 23.3 Å². The molecule has 1 saturated heterocycles. The van der Waals surface area contributed by atoms with Crippen LogP contribution >= 0.6 is 0 Å². The number of rotatable bonds is 8. The van der Waals surface area contributed by atoms with Crippen LogP contribution in [0.2, 0.25) is 0 Å². The molecular formula is C26H30N6O4. The molecule has 1 fully saturated rings. The third-order valence-electron chi connectivity index (χ3n) is 5.77. The Bertz CT molecular complexity index is 1200. The number of hydrogen-bond donors (Lipinski definition) is 1. The standard InChI is InChI=1S/C26H30N6O4/c1-18-28-23(30-22-7-5-6-10-27-22)17-24(29-18)31-11-13-32(14-12-31)25(33)9-8-19-15-20(34-2)26(36-4)21(16-19)35-3/h5-10,15-17H,11-14H2,1-4H3,(H,27,28,29,30)/b9-8+. The molecule has 1 aliphatic rings. The molecule has 0 spiro atoms. The number of piperazine rings is 1. The minimum Gasteiger partial charge on any atom is -0.493 e. The lowest BCUT2D eigenvalue weighted by molar-refractivity contribution is -0.126. The van der Waals surface area contributed by atoms with Gasteiger partial charge in [-0.2, -0.15) is 0 Å². The zero-order chi connectivity index (χ0) is 25.5. The molecule has 188 valence electrons. The largest absolute Gasteiger partial charge is 0.493 e. The van der Waals surface area contributed by atoms with Gasteiger partial charge >= 0.3 is 0 Å². The molecule has 10 nitrogen and oxygen atoms in total. The maximum absolute atomic E-state index is 12.8. The quantitative estimate of drug-likeness (QED) is 0.477. The molecule has 0 radical (unpaired) electrons. The van der Waals surface area contributed by atoms with Crippen molar-refractivity contribution in [1.82, 2.24) is 19.9 Å². The van der Waals surface area contributed by atoms with E-state index in [-0.39, 0.29) is 5.91 Å². The first-order valence-corrected chi connectivity index (χ1v) is 11.6. The van der Waals surface area contributed by atoms with E-state index >= 15 is 0 Å². The molecule has 0 saturated carbocycles. The summed E-state index contributed by atoms with van der Waals surface area (Å²) in [6.45, 7) is 4.38. The first kappa shape index (κ1) is 24.8. The lowest BCUT2D eigenvalue weighted by atomic mass is 10.1. The summed E-state index contributed by atoms with van der Waals surface area (Å²) in [5, 5.41) is 3.22. The number of benzene rings is 1. The first-order chi connectivity index (χ1) is 17.5. The van der Waals surface area contributed by atoms with Crippen molar-refractivity contribution in [2.24, 2.45) is 0 Å². The van der Waals surface area contributed by atoms with Crippen LogP contribution in [0, 0.1) is 6.92 Å². The first-order valence-electron chi connectivity index (χ1n) is 11.6. The molecule has 2 aromatic heterocycles. The zero-order valence-corrected chi connectivity index (χ0v) is 20.9. The van der Waals surface area contributed by atoms with Gasteiger partial charge in [0.05, 0.1) is 21.3 Å². The normalized spacial score (nSPS) is 13.6. The van der Waals surface area contributed by atoms with Gasteiger partial charge in [-0.1, -0.05) is 6.07 Å². The van der Waals surface area contributed by atoms with E-state index in [2.05, 4.69) is 25.2 Å². The predicted octanol–water partition coefficient (Wildman–Crippen LogP) is 3.31. The third kappa shape index (κ3) is 5.83. The van der Waals surface area contributed by atoms with Gasteiger partial charge in [0.2, 0.25) is 11.7 Å². The zero-order valence-electron chi connectivity index (χ0n) is 20.9. The van der Waals surface area contributed by atoms with E-state index in [1.807, 2.05) is 36.1 Å². The molecule has 1 aromatic carbocycles. The van der Waals surface area contributed by atoms with E-state index < -0.39 is 0 Å². The van der Waals surface area contributed by atoms with Crippen LogP contribution in [-0.4, -0.2) is 73.3 Å². The predicted molar refractivity (Wildman–Crippen MR) is 138 cm³/mol. The van der Waals surface area contributed by atoms with Gasteiger partial charge < -0.3 is 29.3 Å². The number of ether oxygens (including phenoxy) is 3. The number of nitrogens with zero attached hydrogens (tertiary/aromatic N) is 5. The summed E-state index contributed by atoms with van der Waals surface area (Å²) in [4.78, 5) is 30.2. The Morgan fingerprint density at radius 1 is 0.944 bits per heavy atom. The van der Waals surface area contributed by atoms with Crippen molar-refractivity contribution in [3.8, 4) is 17.2 Å². The average Bonchev–Trinajstić information content (AvgIpc) is 2.91. The van der Waals surface area contributed by atoms with Crippen LogP contribution in [-0.2, 0) is 4.79 Å². The fraction of sp³-hybridized carbons (Fsp3) is 0.308. The molecule has 0 aliphatic carbocycles. The Labute approximate surface area is 210 Å². The van der Waals surface area contributed by atoms with Gasteiger partial charge in [-0.25, -0.2) is 15.0 Å². The van der Waals surface area contributed by atoms with Crippen LogP contribution < -0.4 is 24.4 Å². The summed E-state index contributed by atoms with van der Waals surface area (Å²) in [6, 6.07) is 11.2. The number of carbonyl (C=O) groups excluding carboxylic acids is 1. The Morgan fingerprint density at radius 3 is 2.28 bits per heavy atom.